The Morgan fingerprint density at radius 1 is 1.08 bits per heavy atom. The minimum Gasteiger partial charge on any atom is -0.383 e. The molecule has 25 heavy (non-hydrogen) atoms. The molecule has 0 amide bonds. The van der Waals surface area contributed by atoms with Crippen LogP contribution in [0.1, 0.15) is 11.1 Å². The van der Waals surface area contributed by atoms with Gasteiger partial charge in [0, 0.05) is 51.6 Å². The number of hydrogen-bond donors (Lipinski definition) is 1. The van der Waals surface area contributed by atoms with Crippen molar-refractivity contribution in [3.63, 3.8) is 0 Å². The molecule has 0 radical (unpaired) electrons. The molecule has 0 saturated carbocycles. The lowest BCUT2D eigenvalue weighted by Crippen LogP contribution is -2.47. The van der Waals surface area contributed by atoms with Crippen LogP contribution in [0.4, 0.5) is 17.3 Å². The summed E-state index contributed by atoms with van der Waals surface area (Å²) in [5.41, 5.74) is 4.08. The second-order valence-electron chi connectivity index (χ2n) is 6.37. The van der Waals surface area contributed by atoms with E-state index in [4.69, 9.17) is 4.74 Å². The van der Waals surface area contributed by atoms with Crippen LogP contribution in [-0.4, -0.2) is 56.4 Å². The first-order valence-electron chi connectivity index (χ1n) is 8.80. The zero-order chi connectivity index (χ0) is 17.6. The smallest absolute Gasteiger partial charge is 0.134 e. The molecule has 134 valence electrons. The summed E-state index contributed by atoms with van der Waals surface area (Å²) >= 11 is 0. The molecule has 0 bridgehead atoms. The summed E-state index contributed by atoms with van der Waals surface area (Å²) in [4.78, 5) is 13.5. The van der Waals surface area contributed by atoms with Crippen LogP contribution in [0.25, 0.3) is 0 Å². The van der Waals surface area contributed by atoms with E-state index in [9.17, 15) is 0 Å². The minimum absolute atomic E-state index is 0.661. The molecule has 0 unspecified atom stereocenters. The fourth-order valence-electron chi connectivity index (χ4n) is 3.15. The first kappa shape index (κ1) is 17.5. The monoisotopic (exact) mass is 341 g/mol. The highest BCUT2D eigenvalue weighted by molar-refractivity contribution is 5.57. The molecule has 3 rings (SSSR count). The normalized spacial score (nSPS) is 14.7. The highest BCUT2D eigenvalue weighted by Gasteiger charge is 2.20. The molecule has 1 aliphatic rings. The van der Waals surface area contributed by atoms with Gasteiger partial charge in [-0.25, -0.2) is 9.97 Å². The Morgan fingerprint density at radius 2 is 1.84 bits per heavy atom. The highest BCUT2D eigenvalue weighted by Crippen LogP contribution is 2.25. The van der Waals surface area contributed by atoms with Crippen molar-refractivity contribution in [3.8, 4) is 0 Å². The minimum atomic E-state index is 0.661. The van der Waals surface area contributed by atoms with E-state index in [0.29, 0.717) is 6.61 Å². The fraction of sp³-hybridized carbons (Fsp3) is 0.474. The van der Waals surface area contributed by atoms with Crippen LogP contribution in [0.2, 0.25) is 0 Å². The SMILES string of the molecule is COCCNc1cc(N2CCN(c3cccc(C)c3C)CC2)ncn1. The van der Waals surface area contributed by atoms with Gasteiger partial charge in [-0.2, -0.15) is 0 Å². The van der Waals surface area contributed by atoms with Crippen LogP contribution in [-0.2, 0) is 4.74 Å². The average molecular weight is 341 g/mol. The van der Waals surface area contributed by atoms with Gasteiger partial charge >= 0.3 is 0 Å². The first-order chi connectivity index (χ1) is 12.2. The predicted octanol–water partition coefficient (Wildman–Crippen LogP) is 2.48. The van der Waals surface area contributed by atoms with Gasteiger partial charge in [0.15, 0.2) is 0 Å². The van der Waals surface area contributed by atoms with E-state index in [0.717, 1.165) is 44.4 Å². The number of piperazine rings is 1. The Kier molecular flexibility index (Phi) is 5.71. The van der Waals surface area contributed by atoms with Gasteiger partial charge in [0.25, 0.3) is 0 Å². The summed E-state index contributed by atoms with van der Waals surface area (Å²) in [5, 5.41) is 3.26. The van der Waals surface area contributed by atoms with E-state index >= 15 is 0 Å². The van der Waals surface area contributed by atoms with Crippen molar-refractivity contribution in [2.45, 2.75) is 13.8 Å². The number of ether oxygens (including phenoxy) is 1. The van der Waals surface area contributed by atoms with E-state index < -0.39 is 0 Å². The van der Waals surface area contributed by atoms with Crippen molar-refractivity contribution < 1.29 is 4.74 Å². The van der Waals surface area contributed by atoms with Crippen LogP contribution in [0, 0.1) is 13.8 Å². The number of methoxy groups -OCH3 is 1. The van der Waals surface area contributed by atoms with Crippen molar-refractivity contribution >= 4 is 17.3 Å². The topological polar surface area (TPSA) is 53.5 Å². The number of rotatable bonds is 6. The summed E-state index contributed by atoms with van der Waals surface area (Å²) in [6, 6.07) is 8.56. The third kappa shape index (κ3) is 4.20. The van der Waals surface area contributed by atoms with E-state index in [1.165, 1.54) is 16.8 Å². The van der Waals surface area contributed by atoms with Crippen molar-refractivity contribution in [2.75, 3.05) is 61.6 Å². The van der Waals surface area contributed by atoms with Gasteiger partial charge in [0.05, 0.1) is 6.61 Å². The largest absolute Gasteiger partial charge is 0.383 e. The Labute approximate surface area is 149 Å². The number of aromatic nitrogens is 2. The maximum atomic E-state index is 5.06. The molecule has 1 fully saturated rings. The van der Waals surface area contributed by atoms with Crippen LogP contribution in [0.3, 0.4) is 0 Å². The molecule has 1 aromatic heterocycles. The molecule has 6 heteroatoms. The van der Waals surface area contributed by atoms with Crippen LogP contribution >= 0.6 is 0 Å². The van der Waals surface area contributed by atoms with Crippen molar-refractivity contribution in [3.05, 3.63) is 41.7 Å². The maximum absolute atomic E-state index is 5.06. The van der Waals surface area contributed by atoms with Gasteiger partial charge in [0.2, 0.25) is 0 Å². The summed E-state index contributed by atoms with van der Waals surface area (Å²) in [6.45, 7) is 9.71. The molecule has 1 aromatic carbocycles. The lowest BCUT2D eigenvalue weighted by molar-refractivity contribution is 0.210. The summed E-state index contributed by atoms with van der Waals surface area (Å²) < 4.78 is 5.06. The van der Waals surface area contributed by atoms with Crippen LogP contribution in [0.15, 0.2) is 30.6 Å². The highest BCUT2D eigenvalue weighted by atomic mass is 16.5. The predicted molar refractivity (Wildman–Crippen MR) is 103 cm³/mol. The summed E-state index contributed by atoms with van der Waals surface area (Å²) in [6.07, 6.45) is 1.63. The Hall–Kier alpha value is -2.34. The third-order valence-corrected chi connectivity index (χ3v) is 4.79. The van der Waals surface area contributed by atoms with E-state index in [1.54, 1.807) is 13.4 Å². The Morgan fingerprint density at radius 3 is 2.60 bits per heavy atom. The Balaban J connectivity index is 1.62. The zero-order valence-corrected chi connectivity index (χ0v) is 15.3. The van der Waals surface area contributed by atoms with Crippen molar-refractivity contribution in [1.82, 2.24) is 9.97 Å². The molecule has 1 aliphatic heterocycles. The van der Waals surface area contributed by atoms with Crippen LogP contribution in [0.5, 0.6) is 0 Å². The molecular formula is C19H27N5O. The lowest BCUT2D eigenvalue weighted by Gasteiger charge is -2.37. The first-order valence-corrected chi connectivity index (χ1v) is 8.80. The van der Waals surface area contributed by atoms with E-state index in [2.05, 4.69) is 57.1 Å². The lowest BCUT2D eigenvalue weighted by atomic mass is 10.1. The third-order valence-electron chi connectivity index (χ3n) is 4.79. The number of nitrogens with zero attached hydrogens (tertiary/aromatic N) is 4. The zero-order valence-electron chi connectivity index (χ0n) is 15.3. The standard InChI is InChI=1S/C19H27N5O/c1-15-5-4-6-17(16(15)2)23-8-10-24(11-9-23)19-13-18(21-14-22-19)20-7-12-25-3/h4-6,13-14H,7-12H2,1-3H3,(H,20,21,22). The summed E-state index contributed by atoms with van der Waals surface area (Å²) in [5.74, 6) is 1.83. The van der Waals surface area contributed by atoms with Gasteiger partial charge in [0.1, 0.15) is 18.0 Å². The van der Waals surface area contributed by atoms with Gasteiger partial charge in [-0.3, -0.25) is 0 Å². The average Bonchev–Trinajstić information content (AvgIpc) is 2.65. The number of aryl methyl sites for hydroxylation is 1. The molecule has 2 heterocycles. The van der Waals surface area contributed by atoms with Gasteiger partial charge < -0.3 is 19.9 Å². The molecule has 0 atom stereocenters. The van der Waals surface area contributed by atoms with E-state index in [1.807, 2.05) is 6.07 Å². The summed E-state index contributed by atoms with van der Waals surface area (Å²) in [7, 11) is 1.70. The van der Waals surface area contributed by atoms with Crippen LogP contribution < -0.4 is 15.1 Å². The number of anilines is 3. The molecule has 1 saturated heterocycles. The van der Waals surface area contributed by atoms with Gasteiger partial charge in [-0.15, -0.1) is 0 Å². The van der Waals surface area contributed by atoms with Gasteiger partial charge in [-0.1, -0.05) is 12.1 Å². The molecular weight excluding hydrogens is 314 g/mol. The fourth-order valence-corrected chi connectivity index (χ4v) is 3.15. The molecule has 0 aliphatic carbocycles. The number of benzene rings is 1. The molecule has 1 N–H and O–H groups in total. The molecule has 2 aromatic rings. The molecule has 6 nitrogen and oxygen atoms in total. The quantitative estimate of drug-likeness (QED) is 0.815. The van der Waals surface area contributed by atoms with Crippen molar-refractivity contribution in [1.29, 1.82) is 0 Å². The van der Waals surface area contributed by atoms with Crippen molar-refractivity contribution in [2.24, 2.45) is 0 Å². The van der Waals surface area contributed by atoms with E-state index in [-0.39, 0.29) is 0 Å². The maximum Gasteiger partial charge on any atom is 0.134 e. The number of nitrogens with one attached hydrogen (secondary N) is 1. The second-order valence-corrected chi connectivity index (χ2v) is 6.37. The molecule has 0 spiro atoms. The Bertz CT molecular complexity index is 698. The number of hydrogen-bond acceptors (Lipinski definition) is 6. The second kappa shape index (κ2) is 8.16. The van der Waals surface area contributed by atoms with Gasteiger partial charge in [-0.05, 0) is 31.0 Å².